The monoisotopic (exact) mass is 496 g/mol. The highest BCUT2D eigenvalue weighted by molar-refractivity contribution is 7.89. The predicted octanol–water partition coefficient (Wildman–Crippen LogP) is 3.50. The van der Waals surface area contributed by atoms with Gasteiger partial charge in [0.25, 0.3) is 0 Å². The summed E-state index contributed by atoms with van der Waals surface area (Å²) in [6.45, 7) is 2.41. The topological polar surface area (TPSA) is 101 Å². The molecule has 3 heterocycles. The molecule has 8 nitrogen and oxygen atoms in total. The van der Waals surface area contributed by atoms with E-state index in [1.165, 1.54) is 8.87 Å². The second-order valence-electron chi connectivity index (χ2n) is 8.55. The standard InChI is InChI=1S/C24H24N4O4S2/c1-15-13-20(18-5-3-4-6-19(18)25-15)26-23(29)16-9-11-28(12-10-16)34(31,32)17-7-8-21-22(14-17)33-24(30)27(21)2/h3-8,13-14,16H,9-12H2,1-2H3,(H,25,26,29). The first-order valence-electron chi connectivity index (χ1n) is 11.0. The maximum atomic E-state index is 13.2. The SMILES string of the molecule is Cc1cc(NC(=O)C2CCN(S(=O)(=O)c3ccc4c(c3)sc(=O)n4C)CC2)c2ccccc2n1. The van der Waals surface area contributed by atoms with Crippen LogP contribution in [-0.4, -0.2) is 41.3 Å². The Morgan fingerprint density at radius 2 is 1.85 bits per heavy atom. The number of nitrogens with zero attached hydrogens (tertiary/aromatic N) is 3. The summed E-state index contributed by atoms with van der Waals surface area (Å²) in [4.78, 5) is 29.4. The Morgan fingerprint density at radius 1 is 1.12 bits per heavy atom. The minimum Gasteiger partial charge on any atom is -0.325 e. The fraction of sp³-hybridized carbons (Fsp3) is 0.292. The molecule has 0 saturated carbocycles. The van der Waals surface area contributed by atoms with Gasteiger partial charge in [-0.1, -0.05) is 29.5 Å². The molecule has 0 spiro atoms. The quantitative estimate of drug-likeness (QED) is 0.466. The normalized spacial score (nSPS) is 15.7. The molecule has 0 aliphatic carbocycles. The van der Waals surface area contributed by atoms with Crippen molar-refractivity contribution in [1.29, 1.82) is 0 Å². The maximum absolute atomic E-state index is 13.2. The lowest BCUT2D eigenvalue weighted by atomic mass is 9.97. The second-order valence-corrected chi connectivity index (χ2v) is 11.5. The summed E-state index contributed by atoms with van der Waals surface area (Å²) >= 11 is 1.03. The Bertz CT molecular complexity index is 1580. The summed E-state index contributed by atoms with van der Waals surface area (Å²) in [7, 11) is -2.04. The summed E-state index contributed by atoms with van der Waals surface area (Å²) < 4.78 is 30.0. The fourth-order valence-corrected chi connectivity index (χ4v) is 6.92. The number of thiazole rings is 1. The fourth-order valence-electron chi connectivity index (χ4n) is 4.43. The van der Waals surface area contributed by atoms with Crippen LogP contribution < -0.4 is 10.2 Å². The number of para-hydroxylation sites is 1. The first kappa shape index (κ1) is 22.7. The molecule has 0 atom stereocenters. The minimum absolute atomic E-state index is 0.108. The second kappa shape index (κ2) is 8.61. The van der Waals surface area contributed by atoms with Crippen molar-refractivity contribution in [3.05, 3.63) is 63.9 Å². The zero-order chi connectivity index (χ0) is 24.0. The average Bonchev–Trinajstić information content (AvgIpc) is 3.11. The number of piperidine rings is 1. The Kier molecular flexibility index (Phi) is 5.75. The molecule has 1 aliphatic rings. The Morgan fingerprint density at radius 3 is 2.62 bits per heavy atom. The lowest BCUT2D eigenvalue weighted by Gasteiger charge is -2.30. The number of amides is 1. The summed E-state index contributed by atoms with van der Waals surface area (Å²) in [5.74, 6) is -0.385. The summed E-state index contributed by atoms with van der Waals surface area (Å²) in [6, 6.07) is 14.3. The Hall–Kier alpha value is -3.08. The number of pyridine rings is 1. The van der Waals surface area contributed by atoms with Crippen LogP contribution in [-0.2, 0) is 21.9 Å². The van der Waals surface area contributed by atoms with Crippen LogP contribution in [0.1, 0.15) is 18.5 Å². The number of hydrogen-bond donors (Lipinski definition) is 1. The number of aryl methyl sites for hydroxylation is 2. The third-order valence-corrected chi connectivity index (χ3v) is 9.22. The van der Waals surface area contributed by atoms with E-state index in [4.69, 9.17) is 0 Å². The van der Waals surface area contributed by atoms with Gasteiger partial charge in [-0.05, 0) is 50.1 Å². The van der Waals surface area contributed by atoms with E-state index in [2.05, 4.69) is 10.3 Å². The minimum atomic E-state index is -3.71. The van der Waals surface area contributed by atoms with E-state index < -0.39 is 10.0 Å². The summed E-state index contributed by atoms with van der Waals surface area (Å²) in [5, 5.41) is 3.91. The molecule has 0 unspecified atom stereocenters. The van der Waals surface area contributed by atoms with Crippen LogP contribution in [0.5, 0.6) is 0 Å². The maximum Gasteiger partial charge on any atom is 0.307 e. The first-order valence-corrected chi connectivity index (χ1v) is 13.3. The molecule has 1 amide bonds. The van der Waals surface area contributed by atoms with Crippen LogP contribution in [0.2, 0.25) is 0 Å². The smallest absolute Gasteiger partial charge is 0.307 e. The average molecular weight is 497 g/mol. The van der Waals surface area contributed by atoms with Crippen molar-refractivity contribution in [1.82, 2.24) is 13.9 Å². The third kappa shape index (κ3) is 4.02. The van der Waals surface area contributed by atoms with Crippen LogP contribution in [0.25, 0.3) is 21.1 Å². The molecule has 2 aromatic carbocycles. The van der Waals surface area contributed by atoms with Gasteiger partial charge in [0.1, 0.15) is 0 Å². The van der Waals surface area contributed by atoms with E-state index in [-0.39, 0.29) is 34.7 Å². The van der Waals surface area contributed by atoms with Crippen molar-refractivity contribution < 1.29 is 13.2 Å². The number of aromatic nitrogens is 2. The van der Waals surface area contributed by atoms with Crippen molar-refractivity contribution in [2.24, 2.45) is 13.0 Å². The molecule has 5 rings (SSSR count). The van der Waals surface area contributed by atoms with Gasteiger partial charge in [-0.3, -0.25) is 14.6 Å². The van der Waals surface area contributed by atoms with Gasteiger partial charge in [0.15, 0.2) is 0 Å². The Balaban J connectivity index is 1.30. The van der Waals surface area contributed by atoms with Gasteiger partial charge in [-0.15, -0.1) is 0 Å². The van der Waals surface area contributed by atoms with Crippen molar-refractivity contribution in [2.45, 2.75) is 24.7 Å². The molecule has 176 valence electrons. The molecule has 1 fully saturated rings. The van der Waals surface area contributed by atoms with Gasteiger partial charge in [0, 0.05) is 37.1 Å². The molecule has 0 radical (unpaired) electrons. The van der Waals surface area contributed by atoms with E-state index >= 15 is 0 Å². The van der Waals surface area contributed by atoms with E-state index in [1.807, 2.05) is 37.3 Å². The number of carbonyl (C=O) groups is 1. The van der Waals surface area contributed by atoms with E-state index in [1.54, 1.807) is 25.2 Å². The Labute approximate surface area is 200 Å². The molecule has 34 heavy (non-hydrogen) atoms. The van der Waals surface area contributed by atoms with Crippen LogP contribution in [0.3, 0.4) is 0 Å². The number of anilines is 1. The van der Waals surface area contributed by atoms with Crippen LogP contribution in [0.15, 0.2) is 58.2 Å². The first-order chi connectivity index (χ1) is 16.2. The largest absolute Gasteiger partial charge is 0.325 e. The number of rotatable bonds is 4. The number of hydrogen-bond acceptors (Lipinski definition) is 6. The number of benzene rings is 2. The number of nitrogens with one attached hydrogen (secondary N) is 1. The van der Waals surface area contributed by atoms with Gasteiger partial charge >= 0.3 is 4.87 Å². The molecular formula is C24H24N4O4S2. The van der Waals surface area contributed by atoms with Crippen molar-refractivity contribution in [2.75, 3.05) is 18.4 Å². The van der Waals surface area contributed by atoms with E-state index in [0.717, 1.165) is 33.6 Å². The zero-order valence-electron chi connectivity index (χ0n) is 18.8. The molecule has 4 aromatic rings. The van der Waals surface area contributed by atoms with E-state index in [9.17, 15) is 18.0 Å². The van der Waals surface area contributed by atoms with Gasteiger partial charge in [-0.25, -0.2) is 8.42 Å². The van der Waals surface area contributed by atoms with Gasteiger partial charge in [-0.2, -0.15) is 4.31 Å². The molecule has 2 aromatic heterocycles. The van der Waals surface area contributed by atoms with Crippen molar-refractivity contribution in [3.8, 4) is 0 Å². The van der Waals surface area contributed by atoms with Crippen LogP contribution in [0, 0.1) is 12.8 Å². The van der Waals surface area contributed by atoms with Gasteiger partial charge in [0.2, 0.25) is 15.9 Å². The summed E-state index contributed by atoms with van der Waals surface area (Å²) in [5.41, 5.74) is 3.07. The summed E-state index contributed by atoms with van der Waals surface area (Å²) in [6.07, 6.45) is 0.877. The lowest BCUT2D eigenvalue weighted by Crippen LogP contribution is -2.41. The van der Waals surface area contributed by atoms with Crippen LogP contribution in [0.4, 0.5) is 5.69 Å². The molecule has 1 saturated heterocycles. The molecule has 1 aliphatic heterocycles. The van der Waals surface area contributed by atoms with Gasteiger partial charge < -0.3 is 9.88 Å². The van der Waals surface area contributed by atoms with Crippen LogP contribution >= 0.6 is 11.3 Å². The highest BCUT2D eigenvalue weighted by atomic mass is 32.2. The van der Waals surface area contributed by atoms with E-state index in [0.29, 0.717) is 23.1 Å². The van der Waals surface area contributed by atoms with Gasteiger partial charge in [0.05, 0.1) is 26.3 Å². The molecule has 1 N–H and O–H groups in total. The van der Waals surface area contributed by atoms with Crippen molar-refractivity contribution >= 4 is 54.1 Å². The predicted molar refractivity (Wildman–Crippen MR) is 134 cm³/mol. The van der Waals surface area contributed by atoms with Crippen molar-refractivity contribution in [3.63, 3.8) is 0 Å². The lowest BCUT2D eigenvalue weighted by molar-refractivity contribution is -0.120. The molecule has 10 heteroatoms. The number of sulfonamides is 1. The zero-order valence-corrected chi connectivity index (χ0v) is 20.4. The number of fused-ring (bicyclic) bond motifs is 2. The third-order valence-electron chi connectivity index (χ3n) is 6.33. The molecular weight excluding hydrogens is 472 g/mol. The highest BCUT2D eigenvalue weighted by Gasteiger charge is 2.32. The number of carbonyl (C=O) groups excluding carboxylic acids is 1. The highest BCUT2D eigenvalue weighted by Crippen LogP contribution is 2.29. The molecule has 0 bridgehead atoms.